The van der Waals surface area contributed by atoms with Gasteiger partial charge in [-0.2, -0.15) is 0 Å². The first-order valence-electron chi connectivity index (χ1n) is 5.69. The summed E-state index contributed by atoms with van der Waals surface area (Å²) in [6.07, 6.45) is 1.97. The fourth-order valence-corrected chi connectivity index (χ4v) is 2.66. The van der Waals surface area contributed by atoms with E-state index >= 15 is 0 Å². The summed E-state index contributed by atoms with van der Waals surface area (Å²) < 4.78 is 36.0. The van der Waals surface area contributed by atoms with Crippen LogP contribution in [0.4, 0.5) is 4.39 Å². The smallest absolute Gasteiger partial charge is 0.148 e. The van der Waals surface area contributed by atoms with E-state index in [0.717, 1.165) is 12.0 Å². The van der Waals surface area contributed by atoms with Crippen molar-refractivity contribution >= 4 is 25.8 Å². The van der Waals surface area contributed by atoms with Crippen LogP contribution in [0.1, 0.15) is 24.9 Å². The minimum Gasteiger partial charge on any atom is -0.309 e. The van der Waals surface area contributed by atoms with Crippen LogP contribution in [0, 0.1) is 5.82 Å². The Labute approximate surface area is 116 Å². The van der Waals surface area contributed by atoms with Gasteiger partial charge in [0.15, 0.2) is 0 Å². The van der Waals surface area contributed by atoms with E-state index in [1.54, 1.807) is 0 Å². The van der Waals surface area contributed by atoms with Gasteiger partial charge in [0.2, 0.25) is 0 Å². The Morgan fingerprint density at radius 2 is 2.06 bits per heavy atom. The highest BCUT2D eigenvalue weighted by Gasteiger charge is 2.11. The zero-order chi connectivity index (χ0) is 13.8. The molecule has 0 saturated heterocycles. The fraction of sp³-hybridized carbons (Fsp3) is 0.500. The number of nitrogens with one attached hydrogen (secondary N) is 1. The SMILES string of the molecule is CC[C@@H](NCCS(C)(=O)=O)c1cc(F)cc(Br)c1. The van der Waals surface area contributed by atoms with Crippen molar-refractivity contribution in [3.05, 3.63) is 34.1 Å². The summed E-state index contributed by atoms with van der Waals surface area (Å²) in [5.74, 6) is -0.220. The van der Waals surface area contributed by atoms with Gasteiger partial charge in [-0.3, -0.25) is 0 Å². The predicted molar refractivity (Wildman–Crippen MR) is 74.8 cm³/mol. The molecule has 0 aliphatic rings. The fourth-order valence-electron chi connectivity index (χ4n) is 1.69. The molecule has 0 spiro atoms. The Morgan fingerprint density at radius 3 is 2.56 bits per heavy atom. The zero-order valence-corrected chi connectivity index (χ0v) is 12.8. The van der Waals surface area contributed by atoms with Crippen molar-refractivity contribution in [1.29, 1.82) is 0 Å². The van der Waals surface area contributed by atoms with Crippen LogP contribution < -0.4 is 5.32 Å². The van der Waals surface area contributed by atoms with Crippen molar-refractivity contribution in [2.45, 2.75) is 19.4 Å². The monoisotopic (exact) mass is 337 g/mol. The molecule has 1 aromatic carbocycles. The summed E-state index contributed by atoms with van der Waals surface area (Å²) in [6.45, 7) is 2.34. The van der Waals surface area contributed by atoms with Crippen LogP contribution >= 0.6 is 15.9 Å². The second kappa shape index (κ2) is 6.63. The first kappa shape index (κ1) is 15.6. The maximum absolute atomic E-state index is 13.3. The highest BCUT2D eigenvalue weighted by Crippen LogP contribution is 2.22. The Kier molecular flexibility index (Phi) is 5.75. The highest BCUT2D eigenvalue weighted by molar-refractivity contribution is 9.10. The maximum Gasteiger partial charge on any atom is 0.148 e. The van der Waals surface area contributed by atoms with Gasteiger partial charge >= 0.3 is 0 Å². The molecule has 0 radical (unpaired) electrons. The van der Waals surface area contributed by atoms with Gasteiger partial charge in [-0.05, 0) is 30.2 Å². The van der Waals surface area contributed by atoms with Gasteiger partial charge < -0.3 is 5.32 Å². The van der Waals surface area contributed by atoms with Crippen LogP contribution in [-0.2, 0) is 9.84 Å². The van der Waals surface area contributed by atoms with Crippen LogP contribution in [0.25, 0.3) is 0 Å². The lowest BCUT2D eigenvalue weighted by molar-refractivity contribution is 0.527. The van der Waals surface area contributed by atoms with Gasteiger partial charge in [-0.25, -0.2) is 12.8 Å². The van der Waals surface area contributed by atoms with Gasteiger partial charge in [-0.15, -0.1) is 0 Å². The predicted octanol–water partition coefficient (Wildman–Crippen LogP) is 2.67. The molecule has 0 heterocycles. The maximum atomic E-state index is 13.3. The molecular weight excluding hydrogens is 321 g/mol. The Hall–Kier alpha value is -0.460. The topological polar surface area (TPSA) is 46.2 Å². The third-order valence-corrected chi connectivity index (χ3v) is 3.96. The largest absolute Gasteiger partial charge is 0.309 e. The molecule has 0 aliphatic heterocycles. The third kappa shape index (κ3) is 5.46. The highest BCUT2D eigenvalue weighted by atomic mass is 79.9. The lowest BCUT2D eigenvalue weighted by Crippen LogP contribution is -2.26. The molecule has 0 bridgehead atoms. The van der Waals surface area contributed by atoms with Crippen molar-refractivity contribution in [1.82, 2.24) is 5.32 Å². The molecular formula is C12H17BrFNO2S. The van der Waals surface area contributed by atoms with Crippen LogP contribution in [-0.4, -0.2) is 27.0 Å². The molecule has 0 saturated carbocycles. The zero-order valence-electron chi connectivity index (χ0n) is 10.4. The molecule has 6 heteroatoms. The van der Waals surface area contributed by atoms with Crippen molar-refractivity contribution in [3.63, 3.8) is 0 Å². The first-order chi connectivity index (χ1) is 8.31. The Balaban J connectivity index is 2.71. The standard InChI is InChI=1S/C12H17BrFNO2S/c1-3-12(15-4-5-18(2,16)17)9-6-10(13)8-11(14)7-9/h6-8,12,15H,3-5H2,1-2H3/t12-/m1/s1. The Morgan fingerprint density at radius 1 is 1.39 bits per heavy atom. The molecule has 1 rings (SSSR count). The molecule has 0 unspecified atom stereocenters. The third-order valence-electron chi connectivity index (χ3n) is 2.56. The number of halogens is 2. The van der Waals surface area contributed by atoms with Crippen LogP contribution in [0.3, 0.4) is 0 Å². The minimum absolute atomic E-state index is 0.0428. The van der Waals surface area contributed by atoms with Crippen LogP contribution in [0.5, 0.6) is 0 Å². The number of hydrogen-bond acceptors (Lipinski definition) is 3. The number of rotatable bonds is 6. The van der Waals surface area contributed by atoms with E-state index in [0.29, 0.717) is 11.0 Å². The van der Waals surface area contributed by atoms with E-state index in [2.05, 4.69) is 21.2 Å². The molecule has 3 nitrogen and oxygen atoms in total. The molecule has 1 N–H and O–H groups in total. The Bertz CT molecular complexity index is 485. The summed E-state index contributed by atoms with van der Waals surface area (Å²) in [7, 11) is -2.97. The number of benzene rings is 1. The van der Waals surface area contributed by atoms with Gasteiger partial charge in [0.1, 0.15) is 15.7 Å². The number of sulfone groups is 1. The van der Waals surface area contributed by atoms with Gasteiger partial charge in [0.25, 0.3) is 0 Å². The van der Waals surface area contributed by atoms with Crippen molar-refractivity contribution in [3.8, 4) is 0 Å². The minimum atomic E-state index is -2.97. The van der Waals surface area contributed by atoms with E-state index in [1.807, 2.05) is 13.0 Å². The van der Waals surface area contributed by atoms with Crippen molar-refractivity contribution in [2.24, 2.45) is 0 Å². The second-order valence-electron chi connectivity index (χ2n) is 4.25. The molecule has 18 heavy (non-hydrogen) atoms. The number of hydrogen-bond donors (Lipinski definition) is 1. The summed E-state index contributed by atoms with van der Waals surface area (Å²) in [5.41, 5.74) is 0.817. The summed E-state index contributed by atoms with van der Waals surface area (Å²) >= 11 is 3.25. The van der Waals surface area contributed by atoms with E-state index in [-0.39, 0.29) is 17.6 Å². The lowest BCUT2D eigenvalue weighted by Gasteiger charge is -2.17. The summed E-state index contributed by atoms with van der Waals surface area (Å²) in [4.78, 5) is 0. The van der Waals surface area contributed by atoms with Gasteiger partial charge in [-0.1, -0.05) is 22.9 Å². The average molecular weight is 338 g/mol. The van der Waals surface area contributed by atoms with Crippen LogP contribution in [0.2, 0.25) is 0 Å². The lowest BCUT2D eigenvalue weighted by atomic mass is 10.0. The second-order valence-corrected chi connectivity index (χ2v) is 7.42. The summed E-state index contributed by atoms with van der Waals surface area (Å²) in [6, 6.07) is 4.66. The first-order valence-corrected chi connectivity index (χ1v) is 8.54. The van der Waals surface area contributed by atoms with Gasteiger partial charge in [0, 0.05) is 23.3 Å². The van der Waals surface area contributed by atoms with Gasteiger partial charge in [0.05, 0.1) is 5.75 Å². The molecule has 1 atom stereocenters. The quantitative estimate of drug-likeness (QED) is 0.867. The van der Waals surface area contributed by atoms with Crippen molar-refractivity contribution < 1.29 is 12.8 Å². The molecule has 0 aliphatic carbocycles. The van der Waals surface area contributed by atoms with E-state index < -0.39 is 9.84 Å². The average Bonchev–Trinajstić information content (AvgIpc) is 2.21. The molecule has 0 fully saturated rings. The molecule has 102 valence electrons. The normalized spacial score (nSPS) is 13.6. The molecule has 0 amide bonds. The molecule has 1 aromatic rings. The van der Waals surface area contributed by atoms with E-state index in [9.17, 15) is 12.8 Å². The summed E-state index contributed by atoms with van der Waals surface area (Å²) in [5, 5.41) is 3.13. The van der Waals surface area contributed by atoms with E-state index in [4.69, 9.17) is 0 Å². The molecule has 0 aromatic heterocycles. The van der Waals surface area contributed by atoms with Crippen LogP contribution in [0.15, 0.2) is 22.7 Å². The van der Waals surface area contributed by atoms with E-state index in [1.165, 1.54) is 18.4 Å². The van der Waals surface area contributed by atoms with Crippen molar-refractivity contribution in [2.75, 3.05) is 18.6 Å².